The average molecular weight is 410 g/mol. The van der Waals surface area contributed by atoms with E-state index in [1.807, 2.05) is 6.07 Å². The minimum Gasteiger partial charge on any atom is -0.473 e. The van der Waals surface area contributed by atoms with Gasteiger partial charge >= 0.3 is 11.9 Å². The zero-order chi connectivity index (χ0) is 21.3. The fraction of sp³-hybridized carbons (Fsp3) is 0.304. The molecule has 7 heteroatoms. The highest BCUT2D eigenvalue weighted by molar-refractivity contribution is 6.29. The lowest BCUT2D eigenvalue weighted by Gasteiger charge is -2.28. The summed E-state index contributed by atoms with van der Waals surface area (Å²) in [4.78, 5) is 24.6. The van der Waals surface area contributed by atoms with E-state index in [4.69, 9.17) is 9.84 Å². The molecule has 0 spiro atoms. The number of carbonyl (C=O) groups excluding carboxylic acids is 1. The second-order valence-corrected chi connectivity index (χ2v) is 7.79. The smallest absolute Gasteiger partial charge is 0.422 e. The van der Waals surface area contributed by atoms with Crippen LogP contribution in [0.3, 0.4) is 0 Å². The molecule has 1 fully saturated rings. The summed E-state index contributed by atoms with van der Waals surface area (Å²) in [7, 11) is 2.11. The minimum atomic E-state index is -1.63. The number of nitrogens with zero attached hydrogens (tertiary/aromatic N) is 2. The Morgan fingerprint density at radius 1 is 1.13 bits per heavy atom. The Bertz CT molecular complexity index is 1080. The van der Waals surface area contributed by atoms with Gasteiger partial charge in [0.1, 0.15) is 11.6 Å². The van der Waals surface area contributed by atoms with Gasteiger partial charge in [-0.2, -0.15) is 0 Å². The van der Waals surface area contributed by atoms with Crippen molar-refractivity contribution in [2.24, 2.45) is 0 Å². The molecule has 3 aromatic rings. The molecular weight excluding hydrogens is 387 g/mol. The summed E-state index contributed by atoms with van der Waals surface area (Å²) in [6, 6.07) is 11.6. The predicted octanol–water partition coefficient (Wildman–Crippen LogP) is 3.63. The number of fused-ring (bicyclic) bond motifs is 1. The number of aliphatic carboxylic acids is 1. The molecule has 0 aliphatic carbocycles. The Morgan fingerprint density at radius 2 is 1.83 bits per heavy atom. The van der Waals surface area contributed by atoms with Gasteiger partial charge in [0.25, 0.3) is 0 Å². The molecule has 0 bridgehead atoms. The maximum Gasteiger partial charge on any atom is 0.422 e. The lowest BCUT2D eigenvalue weighted by molar-refractivity contribution is -0.158. The number of likely N-dealkylation sites (tertiary alicyclic amines) is 1. The van der Waals surface area contributed by atoms with Gasteiger partial charge in [0, 0.05) is 23.6 Å². The van der Waals surface area contributed by atoms with Gasteiger partial charge in [0.15, 0.2) is 0 Å². The summed E-state index contributed by atoms with van der Waals surface area (Å²) >= 11 is 0. The lowest BCUT2D eigenvalue weighted by Crippen LogP contribution is -2.29. The van der Waals surface area contributed by atoms with Crippen molar-refractivity contribution >= 4 is 22.8 Å². The van der Waals surface area contributed by atoms with Gasteiger partial charge in [-0.25, -0.2) is 14.0 Å². The van der Waals surface area contributed by atoms with Crippen LogP contribution in [-0.2, 0) is 16.1 Å². The highest BCUT2D eigenvalue weighted by atomic mass is 19.1. The number of carbonyl (C=O) groups is 2. The molecule has 1 N–H and O–H groups in total. The van der Waals surface area contributed by atoms with Crippen LogP contribution in [0.1, 0.15) is 29.9 Å². The van der Waals surface area contributed by atoms with Gasteiger partial charge < -0.3 is 19.3 Å². The Labute approximate surface area is 173 Å². The molecule has 1 aliphatic heterocycles. The molecule has 156 valence electrons. The van der Waals surface area contributed by atoms with Gasteiger partial charge in [-0.15, -0.1) is 0 Å². The summed E-state index contributed by atoms with van der Waals surface area (Å²) in [6.45, 7) is 2.59. The number of ether oxygens (including phenoxy) is 1. The number of piperidine rings is 1. The Morgan fingerprint density at radius 3 is 2.50 bits per heavy atom. The Hall–Kier alpha value is -3.19. The van der Waals surface area contributed by atoms with Crippen LogP contribution in [-0.4, -0.2) is 46.6 Å². The molecule has 0 saturated carbocycles. The van der Waals surface area contributed by atoms with Crippen LogP contribution in [0.25, 0.3) is 10.9 Å². The van der Waals surface area contributed by atoms with Gasteiger partial charge in [-0.1, -0.05) is 12.1 Å². The van der Waals surface area contributed by atoms with Crippen LogP contribution in [0.15, 0.2) is 48.7 Å². The van der Waals surface area contributed by atoms with Crippen molar-refractivity contribution in [3.63, 3.8) is 0 Å². The van der Waals surface area contributed by atoms with Crippen molar-refractivity contribution < 1.29 is 23.8 Å². The van der Waals surface area contributed by atoms with Crippen molar-refractivity contribution in [2.45, 2.75) is 25.3 Å². The molecule has 0 radical (unpaired) electrons. The molecule has 0 amide bonds. The standard InChI is InChI=1S/C23H23FN2O4/c1-25-10-8-16(9-11-25)20-14-26(13-15-2-4-17(24)5-3-15)21-7-6-18(12-19(20)21)30-23(29)22(27)28/h2-7,12,14,16H,8-11,13H2,1H3,(H,27,28). The summed E-state index contributed by atoms with van der Waals surface area (Å²) in [6.07, 6.45) is 4.16. The van der Waals surface area contributed by atoms with E-state index in [0.29, 0.717) is 12.5 Å². The minimum absolute atomic E-state index is 0.212. The van der Waals surface area contributed by atoms with E-state index >= 15 is 0 Å². The molecule has 1 aliphatic rings. The number of benzene rings is 2. The van der Waals surface area contributed by atoms with E-state index in [9.17, 15) is 14.0 Å². The van der Waals surface area contributed by atoms with Gasteiger partial charge in [0.05, 0.1) is 0 Å². The van der Waals surface area contributed by atoms with E-state index in [0.717, 1.165) is 48.0 Å². The average Bonchev–Trinajstić information content (AvgIpc) is 3.08. The van der Waals surface area contributed by atoms with Crippen molar-refractivity contribution in [1.29, 1.82) is 0 Å². The molecule has 1 aromatic heterocycles. The number of rotatable bonds is 4. The Kier molecular flexibility index (Phi) is 5.55. The number of carboxylic acid groups (broad SMARTS) is 1. The molecule has 0 atom stereocenters. The number of aromatic nitrogens is 1. The number of esters is 1. The van der Waals surface area contributed by atoms with Gasteiger partial charge in [0.2, 0.25) is 0 Å². The molecule has 4 rings (SSSR count). The summed E-state index contributed by atoms with van der Waals surface area (Å²) in [5.74, 6) is -2.62. The molecular formula is C23H23FN2O4. The van der Waals surface area contributed by atoms with Crippen LogP contribution in [0, 0.1) is 5.82 Å². The van der Waals surface area contributed by atoms with Crippen molar-refractivity contribution in [3.8, 4) is 5.75 Å². The fourth-order valence-electron chi connectivity index (χ4n) is 4.08. The van der Waals surface area contributed by atoms with E-state index < -0.39 is 11.9 Å². The molecule has 1 saturated heterocycles. The third kappa shape index (κ3) is 4.21. The highest BCUT2D eigenvalue weighted by Crippen LogP contribution is 2.36. The molecule has 2 heterocycles. The molecule has 0 unspecified atom stereocenters. The third-order valence-electron chi connectivity index (χ3n) is 5.69. The monoisotopic (exact) mass is 410 g/mol. The first kappa shape index (κ1) is 20.1. The second kappa shape index (κ2) is 8.28. The van der Waals surface area contributed by atoms with Crippen molar-refractivity contribution in [3.05, 3.63) is 65.6 Å². The van der Waals surface area contributed by atoms with Crippen molar-refractivity contribution in [1.82, 2.24) is 9.47 Å². The van der Waals surface area contributed by atoms with Gasteiger partial charge in [-0.05, 0) is 80.4 Å². The number of carboxylic acids is 1. The first-order valence-electron chi connectivity index (χ1n) is 9.91. The second-order valence-electron chi connectivity index (χ2n) is 7.79. The fourth-order valence-corrected chi connectivity index (χ4v) is 4.08. The van der Waals surface area contributed by atoms with E-state index in [1.165, 1.54) is 12.1 Å². The third-order valence-corrected chi connectivity index (χ3v) is 5.69. The molecule has 2 aromatic carbocycles. The van der Waals surface area contributed by atoms with E-state index in [1.54, 1.807) is 24.3 Å². The number of halogens is 1. The van der Waals surface area contributed by atoms with E-state index in [-0.39, 0.29) is 11.6 Å². The van der Waals surface area contributed by atoms with Crippen molar-refractivity contribution in [2.75, 3.05) is 20.1 Å². The zero-order valence-corrected chi connectivity index (χ0v) is 16.7. The van der Waals surface area contributed by atoms with Gasteiger partial charge in [-0.3, -0.25) is 0 Å². The quantitative estimate of drug-likeness (QED) is 0.404. The summed E-state index contributed by atoms with van der Waals surface area (Å²) in [5.41, 5.74) is 3.10. The zero-order valence-electron chi connectivity index (χ0n) is 16.7. The summed E-state index contributed by atoms with van der Waals surface area (Å²) in [5, 5.41) is 9.76. The largest absolute Gasteiger partial charge is 0.473 e. The number of hydrogen-bond acceptors (Lipinski definition) is 4. The molecule has 30 heavy (non-hydrogen) atoms. The first-order chi connectivity index (χ1) is 14.4. The number of hydrogen-bond donors (Lipinski definition) is 1. The van der Waals surface area contributed by atoms with E-state index in [2.05, 4.69) is 22.7 Å². The molecule has 6 nitrogen and oxygen atoms in total. The van der Waals surface area contributed by atoms with Crippen LogP contribution < -0.4 is 4.74 Å². The maximum atomic E-state index is 13.3. The topological polar surface area (TPSA) is 71.8 Å². The highest BCUT2D eigenvalue weighted by Gasteiger charge is 2.23. The van der Waals surface area contributed by atoms with Crippen LogP contribution in [0.2, 0.25) is 0 Å². The lowest BCUT2D eigenvalue weighted by atomic mass is 9.89. The van der Waals surface area contributed by atoms with Crippen LogP contribution >= 0.6 is 0 Å². The normalized spacial score (nSPS) is 15.4. The maximum absolute atomic E-state index is 13.3. The Balaban J connectivity index is 1.73. The SMILES string of the molecule is CN1CCC(c2cn(Cc3ccc(F)cc3)c3ccc(OC(=O)C(=O)O)cc23)CC1. The first-order valence-corrected chi connectivity index (χ1v) is 9.91. The van der Waals surface area contributed by atoms with Crippen LogP contribution in [0.5, 0.6) is 5.75 Å². The predicted molar refractivity (Wildman–Crippen MR) is 110 cm³/mol. The van der Waals surface area contributed by atoms with Crippen LogP contribution in [0.4, 0.5) is 4.39 Å². The summed E-state index contributed by atoms with van der Waals surface area (Å²) < 4.78 is 20.4.